The van der Waals surface area contributed by atoms with Crippen molar-refractivity contribution < 1.29 is 13.2 Å². The Morgan fingerprint density at radius 1 is 1.40 bits per heavy atom. The monoisotopic (exact) mass is 224 g/mol. The van der Waals surface area contributed by atoms with E-state index in [0.29, 0.717) is 13.1 Å². The van der Waals surface area contributed by atoms with E-state index in [4.69, 9.17) is 0 Å². The Balaban J connectivity index is 2.42. The maximum Gasteiger partial charge on any atom is 0.401 e. The first kappa shape index (κ1) is 12.8. The number of nitrogens with one attached hydrogen (secondary N) is 1. The summed E-state index contributed by atoms with van der Waals surface area (Å²) in [6.45, 7) is 3.19. The van der Waals surface area contributed by atoms with Gasteiger partial charge < -0.3 is 5.32 Å². The Bertz CT molecular complexity index is 182. The zero-order valence-electron chi connectivity index (χ0n) is 9.11. The highest BCUT2D eigenvalue weighted by Gasteiger charge is 2.31. The fraction of sp³-hybridized carbons (Fsp3) is 1.00. The summed E-state index contributed by atoms with van der Waals surface area (Å²) in [4.78, 5) is 1.51. The van der Waals surface area contributed by atoms with E-state index < -0.39 is 12.7 Å². The van der Waals surface area contributed by atoms with Gasteiger partial charge in [-0.2, -0.15) is 13.2 Å². The highest BCUT2D eigenvalue weighted by molar-refractivity contribution is 4.77. The molecule has 0 radical (unpaired) electrons. The third kappa shape index (κ3) is 5.37. The van der Waals surface area contributed by atoms with Crippen LogP contribution in [-0.4, -0.2) is 43.3 Å². The molecule has 1 aliphatic rings. The average molecular weight is 224 g/mol. The predicted molar refractivity (Wildman–Crippen MR) is 53.8 cm³/mol. The summed E-state index contributed by atoms with van der Waals surface area (Å²) in [6, 6.07) is 0.222. The van der Waals surface area contributed by atoms with Crippen LogP contribution in [-0.2, 0) is 0 Å². The van der Waals surface area contributed by atoms with Crippen molar-refractivity contribution in [3.8, 4) is 0 Å². The quantitative estimate of drug-likeness (QED) is 0.789. The number of nitrogens with zero attached hydrogens (tertiary/aromatic N) is 1. The lowest BCUT2D eigenvalue weighted by molar-refractivity contribution is -0.146. The van der Waals surface area contributed by atoms with E-state index in [9.17, 15) is 13.2 Å². The van der Waals surface area contributed by atoms with Gasteiger partial charge in [0.25, 0.3) is 0 Å². The van der Waals surface area contributed by atoms with Gasteiger partial charge in [0, 0.05) is 12.6 Å². The molecule has 15 heavy (non-hydrogen) atoms. The average Bonchev–Trinajstić information content (AvgIpc) is 2.28. The van der Waals surface area contributed by atoms with Crippen molar-refractivity contribution >= 4 is 0 Å². The van der Waals surface area contributed by atoms with Gasteiger partial charge in [-0.1, -0.05) is 13.3 Å². The van der Waals surface area contributed by atoms with E-state index in [1.54, 1.807) is 0 Å². The largest absolute Gasteiger partial charge is 0.401 e. The number of alkyl halides is 3. The van der Waals surface area contributed by atoms with Gasteiger partial charge in [-0.3, -0.25) is 4.90 Å². The lowest BCUT2D eigenvalue weighted by Gasteiger charge is -2.24. The highest BCUT2D eigenvalue weighted by atomic mass is 19.4. The zero-order chi connectivity index (χ0) is 11.3. The van der Waals surface area contributed by atoms with E-state index >= 15 is 0 Å². The fourth-order valence-corrected chi connectivity index (χ4v) is 2.02. The molecule has 0 aromatic carbocycles. The van der Waals surface area contributed by atoms with Crippen LogP contribution >= 0.6 is 0 Å². The van der Waals surface area contributed by atoms with Crippen LogP contribution in [0.4, 0.5) is 13.2 Å². The highest BCUT2D eigenvalue weighted by Crippen LogP contribution is 2.18. The van der Waals surface area contributed by atoms with Crippen molar-refractivity contribution in [2.24, 2.45) is 0 Å². The minimum Gasteiger partial charge on any atom is -0.313 e. The van der Waals surface area contributed by atoms with Gasteiger partial charge in [0.15, 0.2) is 0 Å². The molecule has 1 heterocycles. The van der Waals surface area contributed by atoms with Crippen LogP contribution in [0.2, 0.25) is 0 Å². The Morgan fingerprint density at radius 2 is 2.13 bits per heavy atom. The summed E-state index contributed by atoms with van der Waals surface area (Å²) in [6.07, 6.45) is -1.30. The van der Waals surface area contributed by atoms with Crippen molar-refractivity contribution in [3.05, 3.63) is 0 Å². The molecule has 0 bridgehead atoms. The standard InChI is InChI=1S/C10H19F3N2/c1-2-4-9-7-15(6-3-5-14-9)8-10(11,12)13/h9,14H,2-8H2,1H3. The second-order valence-corrected chi connectivity index (χ2v) is 4.14. The molecule has 5 heteroatoms. The molecule has 0 saturated carbocycles. The predicted octanol–water partition coefficient (Wildman–Crippen LogP) is 2.01. The van der Waals surface area contributed by atoms with E-state index in [0.717, 1.165) is 25.8 Å². The minimum absolute atomic E-state index is 0.222. The van der Waals surface area contributed by atoms with Crippen molar-refractivity contribution in [1.29, 1.82) is 0 Å². The van der Waals surface area contributed by atoms with E-state index in [-0.39, 0.29) is 6.04 Å². The maximum atomic E-state index is 12.2. The molecule has 0 aliphatic carbocycles. The first-order chi connectivity index (χ1) is 7.01. The summed E-state index contributed by atoms with van der Waals surface area (Å²) in [5.74, 6) is 0. The molecule has 1 atom stereocenters. The van der Waals surface area contributed by atoms with Gasteiger partial charge in [0.1, 0.15) is 0 Å². The summed E-state index contributed by atoms with van der Waals surface area (Å²) < 4.78 is 36.7. The summed E-state index contributed by atoms with van der Waals surface area (Å²) >= 11 is 0. The molecule has 1 aliphatic heterocycles. The zero-order valence-corrected chi connectivity index (χ0v) is 9.11. The van der Waals surface area contributed by atoms with E-state index in [1.807, 2.05) is 0 Å². The number of halogens is 3. The first-order valence-electron chi connectivity index (χ1n) is 5.54. The first-order valence-corrected chi connectivity index (χ1v) is 5.54. The van der Waals surface area contributed by atoms with Crippen molar-refractivity contribution in [2.45, 2.75) is 38.4 Å². The summed E-state index contributed by atoms with van der Waals surface area (Å²) in [5, 5.41) is 3.29. The Kier molecular flexibility index (Phi) is 4.86. The number of hydrogen-bond acceptors (Lipinski definition) is 2. The van der Waals surface area contributed by atoms with Crippen molar-refractivity contribution in [1.82, 2.24) is 10.2 Å². The van der Waals surface area contributed by atoms with Crippen molar-refractivity contribution in [2.75, 3.05) is 26.2 Å². The lowest BCUT2D eigenvalue weighted by atomic mass is 10.1. The molecule has 0 spiro atoms. The molecule has 1 N–H and O–H groups in total. The molecule has 1 fully saturated rings. The molecule has 1 saturated heterocycles. The molecule has 0 aromatic rings. The van der Waals surface area contributed by atoms with Gasteiger partial charge in [-0.25, -0.2) is 0 Å². The molecular weight excluding hydrogens is 205 g/mol. The molecule has 1 rings (SSSR count). The van der Waals surface area contributed by atoms with Crippen LogP contribution in [0.3, 0.4) is 0 Å². The minimum atomic E-state index is -4.07. The van der Waals surface area contributed by atoms with Crippen LogP contribution in [0, 0.1) is 0 Å². The topological polar surface area (TPSA) is 15.3 Å². The van der Waals surface area contributed by atoms with Crippen LogP contribution in [0.15, 0.2) is 0 Å². The molecule has 0 aromatic heterocycles. The van der Waals surface area contributed by atoms with Gasteiger partial charge in [-0.15, -0.1) is 0 Å². The normalized spacial score (nSPS) is 25.2. The molecule has 90 valence electrons. The van der Waals surface area contributed by atoms with Crippen molar-refractivity contribution in [3.63, 3.8) is 0 Å². The molecule has 0 amide bonds. The van der Waals surface area contributed by atoms with Gasteiger partial charge in [0.05, 0.1) is 6.54 Å². The molecular formula is C10H19F3N2. The SMILES string of the molecule is CCCC1CN(CC(F)(F)F)CCCN1. The molecule has 1 unspecified atom stereocenters. The van der Waals surface area contributed by atoms with Gasteiger partial charge in [-0.05, 0) is 25.9 Å². The van der Waals surface area contributed by atoms with Crippen LogP contribution in [0.1, 0.15) is 26.2 Å². The molecule has 2 nitrogen and oxygen atoms in total. The summed E-state index contributed by atoms with van der Waals surface area (Å²) in [7, 11) is 0. The Hall–Kier alpha value is -0.290. The third-order valence-electron chi connectivity index (χ3n) is 2.60. The van der Waals surface area contributed by atoms with E-state index in [2.05, 4.69) is 12.2 Å². The van der Waals surface area contributed by atoms with Crippen LogP contribution in [0.25, 0.3) is 0 Å². The van der Waals surface area contributed by atoms with Gasteiger partial charge >= 0.3 is 6.18 Å². The summed E-state index contributed by atoms with van der Waals surface area (Å²) in [5.41, 5.74) is 0. The smallest absolute Gasteiger partial charge is 0.313 e. The second kappa shape index (κ2) is 5.70. The van der Waals surface area contributed by atoms with Crippen LogP contribution < -0.4 is 5.32 Å². The maximum absolute atomic E-state index is 12.2. The lowest BCUT2D eigenvalue weighted by Crippen LogP contribution is -2.41. The number of hydrogen-bond donors (Lipinski definition) is 1. The van der Waals surface area contributed by atoms with Gasteiger partial charge in [0.2, 0.25) is 0 Å². The Labute approximate surface area is 88.8 Å². The second-order valence-electron chi connectivity index (χ2n) is 4.14. The van der Waals surface area contributed by atoms with E-state index in [1.165, 1.54) is 4.90 Å². The Morgan fingerprint density at radius 3 is 2.73 bits per heavy atom. The third-order valence-corrected chi connectivity index (χ3v) is 2.60. The number of rotatable bonds is 3. The fourth-order valence-electron chi connectivity index (χ4n) is 2.02. The van der Waals surface area contributed by atoms with Crippen LogP contribution in [0.5, 0.6) is 0 Å².